The largest absolute Gasteiger partial charge is 0.392 e. The van der Waals surface area contributed by atoms with Gasteiger partial charge in [-0.2, -0.15) is 0 Å². The smallest absolute Gasteiger partial charge is 0.160 e. The Morgan fingerprint density at radius 2 is 2.27 bits per heavy atom. The molecule has 1 fully saturated rings. The number of halogens is 1. The van der Waals surface area contributed by atoms with Gasteiger partial charge in [0.2, 0.25) is 0 Å². The molecule has 1 N–H and O–H groups in total. The first-order valence-electron chi connectivity index (χ1n) is 4.97. The molecule has 0 saturated heterocycles. The number of nitrogens with zero attached hydrogens (tertiary/aromatic N) is 1. The van der Waals surface area contributed by atoms with Gasteiger partial charge in [-0.1, -0.05) is 6.07 Å². The summed E-state index contributed by atoms with van der Waals surface area (Å²) in [5.41, 5.74) is 3.44. The van der Waals surface area contributed by atoms with Gasteiger partial charge in [-0.25, -0.2) is 4.98 Å². The summed E-state index contributed by atoms with van der Waals surface area (Å²) in [6.07, 6.45) is 2.53. The molecule has 2 aromatic rings. The van der Waals surface area contributed by atoms with E-state index in [9.17, 15) is 5.11 Å². The van der Waals surface area contributed by atoms with Crippen LogP contribution in [0.3, 0.4) is 0 Å². The summed E-state index contributed by atoms with van der Waals surface area (Å²) in [5.74, 6) is 0.674. The van der Waals surface area contributed by atoms with Gasteiger partial charge < -0.3 is 5.11 Å². The summed E-state index contributed by atoms with van der Waals surface area (Å²) in [4.78, 5) is 4.50. The molecule has 2 nitrogen and oxygen atoms in total. The lowest BCUT2D eigenvalue weighted by molar-refractivity contribution is 0.282. The second-order valence-electron chi connectivity index (χ2n) is 3.93. The van der Waals surface area contributed by atoms with Crippen molar-refractivity contribution in [3.05, 3.63) is 27.2 Å². The highest BCUT2D eigenvalue weighted by Crippen LogP contribution is 2.44. The number of fused-ring (bicyclic) bond motifs is 1. The quantitative estimate of drug-likeness (QED) is 0.916. The zero-order valence-electron chi connectivity index (χ0n) is 8.03. The molecule has 0 radical (unpaired) electrons. The van der Waals surface area contributed by atoms with E-state index in [1.165, 1.54) is 23.1 Å². The Bertz CT molecular complexity index is 519. The van der Waals surface area contributed by atoms with Crippen LogP contribution in [0.2, 0.25) is 0 Å². The molecule has 15 heavy (non-hydrogen) atoms. The van der Waals surface area contributed by atoms with Gasteiger partial charge >= 0.3 is 0 Å². The van der Waals surface area contributed by atoms with Crippen LogP contribution in [-0.2, 0) is 6.61 Å². The molecule has 78 valence electrons. The number of aliphatic hydroxyl groups is 1. The van der Waals surface area contributed by atoms with Gasteiger partial charge in [0, 0.05) is 0 Å². The number of benzene rings is 1. The van der Waals surface area contributed by atoms with Crippen molar-refractivity contribution in [1.82, 2.24) is 4.98 Å². The van der Waals surface area contributed by atoms with Gasteiger partial charge in [-0.15, -0.1) is 11.3 Å². The molecule has 3 rings (SSSR count). The van der Waals surface area contributed by atoms with E-state index in [1.807, 2.05) is 6.07 Å². The molecule has 0 bridgehead atoms. The van der Waals surface area contributed by atoms with E-state index in [-0.39, 0.29) is 6.61 Å². The predicted octanol–water partition coefficient (Wildman–Crippen LogP) is 3.43. The molecule has 1 aromatic heterocycles. The fourth-order valence-electron chi connectivity index (χ4n) is 1.88. The Kier molecular flexibility index (Phi) is 2.30. The molecule has 1 aliphatic carbocycles. The van der Waals surface area contributed by atoms with Gasteiger partial charge in [-0.05, 0) is 51.9 Å². The van der Waals surface area contributed by atoms with Crippen LogP contribution in [-0.4, -0.2) is 10.1 Å². The van der Waals surface area contributed by atoms with Crippen molar-refractivity contribution in [2.24, 2.45) is 0 Å². The predicted molar refractivity (Wildman–Crippen MR) is 65.2 cm³/mol. The topological polar surface area (TPSA) is 33.1 Å². The van der Waals surface area contributed by atoms with Gasteiger partial charge in [0.1, 0.15) is 0 Å². The van der Waals surface area contributed by atoms with Crippen molar-refractivity contribution in [3.8, 4) is 0 Å². The third-order valence-corrected chi connectivity index (χ3v) is 4.21. The lowest BCUT2D eigenvalue weighted by Crippen LogP contribution is -1.88. The maximum atomic E-state index is 9.20. The monoisotopic (exact) mass is 283 g/mol. The van der Waals surface area contributed by atoms with Gasteiger partial charge in [0.25, 0.3) is 0 Å². The first kappa shape index (κ1) is 9.75. The van der Waals surface area contributed by atoms with Crippen LogP contribution in [0.4, 0.5) is 0 Å². The Labute approximate surface area is 100 Å². The van der Waals surface area contributed by atoms with Gasteiger partial charge in [-0.3, -0.25) is 0 Å². The minimum Gasteiger partial charge on any atom is -0.392 e. The third kappa shape index (κ3) is 1.71. The normalized spacial score (nSPS) is 16.1. The third-order valence-electron chi connectivity index (χ3n) is 2.76. The molecule has 0 unspecified atom stereocenters. The molecule has 1 saturated carbocycles. The van der Waals surface area contributed by atoms with Crippen LogP contribution < -0.4 is 0 Å². The first-order chi connectivity index (χ1) is 7.28. The Hall–Kier alpha value is -0.450. The fourth-order valence-corrected chi connectivity index (χ4v) is 3.37. The van der Waals surface area contributed by atoms with Crippen LogP contribution in [0.5, 0.6) is 0 Å². The highest BCUT2D eigenvalue weighted by Gasteiger charge is 2.27. The van der Waals surface area contributed by atoms with Crippen LogP contribution in [0.25, 0.3) is 10.2 Å². The summed E-state index contributed by atoms with van der Waals surface area (Å²) in [5, 5.41) is 9.20. The van der Waals surface area contributed by atoms with Crippen LogP contribution >= 0.6 is 27.3 Å². The molecule has 0 amide bonds. The lowest BCUT2D eigenvalue weighted by Gasteiger charge is -2.02. The second-order valence-corrected chi connectivity index (χ2v) is 6.24. The highest BCUT2D eigenvalue weighted by molar-refractivity contribution is 9.11. The maximum Gasteiger partial charge on any atom is 0.160 e. The van der Waals surface area contributed by atoms with Gasteiger partial charge in [0.15, 0.2) is 3.92 Å². The fraction of sp³-hybridized carbons (Fsp3) is 0.364. The summed E-state index contributed by atoms with van der Waals surface area (Å²) in [6.45, 7) is 0.116. The molecule has 0 atom stereocenters. The van der Waals surface area contributed by atoms with E-state index in [4.69, 9.17) is 0 Å². The van der Waals surface area contributed by atoms with E-state index >= 15 is 0 Å². The van der Waals surface area contributed by atoms with E-state index in [0.717, 1.165) is 15.0 Å². The van der Waals surface area contributed by atoms with Crippen molar-refractivity contribution in [1.29, 1.82) is 0 Å². The minimum absolute atomic E-state index is 0.116. The van der Waals surface area contributed by atoms with Crippen LogP contribution in [0.15, 0.2) is 16.0 Å². The second kappa shape index (κ2) is 3.54. The molecule has 1 aromatic carbocycles. The SMILES string of the molecule is OCc1cc(C2CC2)c2nc(Br)sc2c1. The van der Waals surface area contributed by atoms with E-state index < -0.39 is 0 Å². The molecule has 0 aliphatic heterocycles. The van der Waals surface area contributed by atoms with Crippen LogP contribution in [0.1, 0.15) is 29.9 Å². The molecule has 4 heteroatoms. The molecule has 1 heterocycles. The van der Waals surface area contributed by atoms with Crippen molar-refractivity contribution in [2.45, 2.75) is 25.4 Å². The average molecular weight is 284 g/mol. The summed E-state index contributed by atoms with van der Waals surface area (Å²) < 4.78 is 2.10. The summed E-state index contributed by atoms with van der Waals surface area (Å²) in [7, 11) is 0. The number of thiazole rings is 1. The molecule has 0 spiro atoms. The number of hydrogen-bond acceptors (Lipinski definition) is 3. The van der Waals surface area contributed by atoms with Crippen LogP contribution in [0, 0.1) is 0 Å². The number of hydrogen-bond donors (Lipinski definition) is 1. The summed E-state index contributed by atoms with van der Waals surface area (Å²) >= 11 is 5.06. The zero-order chi connectivity index (χ0) is 10.4. The highest BCUT2D eigenvalue weighted by atomic mass is 79.9. The summed E-state index contributed by atoms with van der Waals surface area (Å²) in [6, 6.07) is 4.13. The number of aromatic nitrogens is 1. The van der Waals surface area contributed by atoms with Crippen molar-refractivity contribution in [2.75, 3.05) is 0 Å². The number of aliphatic hydroxyl groups excluding tert-OH is 1. The minimum atomic E-state index is 0.116. The molecular formula is C11H10BrNOS. The van der Waals surface area contributed by atoms with Crippen molar-refractivity contribution >= 4 is 37.5 Å². The number of rotatable bonds is 2. The maximum absolute atomic E-state index is 9.20. The van der Waals surface area contributed by atoms with Crippen molar-refractivity contribution in [3.63, 3.8) is 0 Å². The molecular weight excluding hydrogens is 274 g/mol. The van der Waals surface area contributed by atoms with E-state index in [2.05, 4.69) is 27.0 Å². The Morgan fingerprint density at radius 1 is 1.47 bits per heavy atom. The van der Waals surface area contributed by atoms with Crippen molar-refractivity contribution < 1.29 is 5.11 Å². The average Bonchev–Trinajstić information content (AvgIpc) is 2.98. The first-order valence-corrected chi connectivity index (χ1v) is 6.58. The molecule has 1 aliphatic rings. The standard InChI is InChI=1S/C11H10BrNOS/c12-11-13-10-8(7-1-2-7)3-6(5-14)4-9(10)15-11/h3-4,7,14H,1-2,5H2. The van der Waals surface area contributed by atoms with Gasteiger partial charge in [0.05, 0.1) is 16.8 Å². The lowest BCUT2D eigenvalue weighted by atomic mass is 10.1. The Balaban J connectivity index is 2.27. The Morgan fingerprint density at radius 3 is 2.93 bits per heavy atom. The van der Waals surface area contributed by atoms with E-state index in [1.54, 1.807) is 11.3 Å². The zero-order valence-corrected chi connectivity index (χ0v) is 10.4. The van der Waals surface area contributed by atoms with E-state index in [0.29, 0.717) is 5.92 Å².